The summed E-state index contributed by atoms with van der Waals surface area (Å²) in [5.41, 5.74) is 0. The predicted octanol–water partition coefficient (Wildman–Crippen LogP) is 0.171. The molecule has 198 valence electrons. The molecule has 1 rings (SSSR count). The number of rotatable bonds is 11. The van der Waals surface area contributed by atoms with Crippen LogP contribution in [0.4, 0.5) is 0 Å². The molecule has 6 atom stereocenters. The van der Waals surface area contributed by atoms with E-state index in [9.17, 15) is 33.9 Å². The molecule has 1 fully saturated rings. The summed E-state index contributed by atoms with van der Waals surface area (Å²) in [5, 5.41) is 11.5. The quantitative estimate of drug-likeness (QED) is 0.277. The fraction of sp³-hybridized carbons (Fsp3) is 0.714. The molecule has 0 aliphatic carbocycles. The number of hydrogen-bond acceptors (Lipinski definition) is 13. The van der Waals surface area contributed by atoms with Crippen molar-refractivity contribution >= 4 is 47.6 Å². The molecule has 2 N–H and O–H groups in total. The first-order valence-electron chi connectivity index (χ1n) is 10.5. The van der Waals surface area contributed by atoms with Gasteiger partial charge in [0.1, 0.15) is 12.6 Å². The van der Waals surface area contributed by atoms with Crippen LogP contribution in [0.2, 0.25) is 0 Å². The molecular weight excluding hydrogens is 490 g/mol. The van der Waals surface area contributed by atoms with Crippen molar-refractivity contribution in [3.63, 3.8) is 0 Å². The van der Waals surface area contributed by atoms with Gasteiger partial charge in [-0.15, -0.1) is 11.8 Å². The van der Waals surface area contributed by atoms with Crippen LogP contribution in [0.15, 0.2) is 0 Å². The van der Waals surface area contributed by atoms with Crippen LogP contribution in [0.3, 0.4) is 0 Å². The minimum absolute atomic E-state index is 0.577. The number of aliphatic carboxylic acids is 1. The molecule has 1 aliphatic heterocycles. The Balaban J connectivity index is 3.59. The number of carbonyl (C=O) groups is 6. The van der Waals surface area contributed by atoms with Crippen LogP contribution < -0.4 is 5.32 Å². The number of ether oxygens (including phenoxy) is 5. The standard InChI is InChI=1S/C21H31NO12S/c1-9(23)30-8-14(31-10(2)24)15(32-11(3)25)16(33-12(4)26)17(34-13(5)27)19-22-18(20(28)29)21(6,7)35-19/h14-19,22H,8H2,1-7H3,(H,28,29)/t14-,15-,16-,17-,18-,19-/m0/s1. The zero-order valence-corrected chi connectivity index (χ0v) is 21.3. The summed E-state index contributed by atoms with van der Waals surface area (Å²) in [5.74, 6) is -5.27. The van der Waals surface area contributed by atoms with E-state index in [0.717, 1.165) is 46.4 Å². The summed E-state index contributed by atoms with van der Waals surface area (Å²) in [6.45, 7) is 8.07. The zero-order valence-electron chi connectivity index (χ0n) is 20.5. The molecule has 0 aromatic heterocycles. The van der Waals surface area contributed by atoms with Crippen molar-refractivity contribution in [2.45, 2.75) is 89.0 Å². The van der Waals surface area contributed by atoms with Gasteiger partial charge in [-0.1, -0.05) is 0 Å². The summed E-state index contributed by atoms with van der Waals surface area (Å²) in [7, 11) is 0. The van der Waals surface area contributed by atoms with Gasteiger partial charge in [-0.25, -0.2) is 0 Å². The van der Waals surface area contributed by atoms with Crippen molar-refractivity contribution in [2.24, 2.45) is 0 Å². The van der Waals surface area contributed by atoms with Gasteiger partial charge in [-0.2, -0.15) is 0 Å². The number of nitrogens with one attached hydrogen (secondary N) is 1. The number of carboxylic acid groups (broad SMARTS) is 1. The Morgan fingerprint density at radius 2 is 1.29 bits per heavy atom. The summed E-state index contributed by atoms with van der Waals surface area (Å²) in [6.07, 6.45) is -6.06. The van der Waals surface area contributed by atoms with Crippen molar-refractivity contribution in [2.75, 3.05) is 6.61 Å². The fourth-order valence-electron chi connectivity index (χ4n) is 3.49. The smallest absolute Gasteiger partial charge is 0.322 e. The number of carbonyl (C=O) groups excluding carboxylic acids is 5. The molecule has 0 spiro atoms. The van der Waals surface area contributed by atoms with Crippen molar-refractivity contribution in [3.8, 4) is 0 Å². The highest BCUT2D eigenvalue weighted by Crippen LogP contribution is 2.41. The highest BCUT2D eigenvalue weighted by molar-refractivity contribution is 8.01. The maximum atomic E-state index is 12.0. The summed E-state index contributed by atoms with van der Waals surface area (Å²) < 4.78 is 25.4. The Morgan fingerprint density at radius 3 is 1.69 bits per heavy atom. The minimum atomic E-state index is -1.60. The molecule has 0 bridgehead atoms. The molecule has 0 amide bonds. The van der Waals surface area contributed by atoms with Crippen LogP contribution in [0, 0.1) is 0 Å². The molecule has 0 aromatic rings. The first kappa shape index (κ1) is 30.2. The average molecular weight is 522 g/mol. The number of hydrogen-bond donors (Lipinski definition) is 2. The van der Waals surface area contributed by atoms with E-state index in [0.29, 0.717) is 0 Å². The Bertz CT molecular complexity index is 844. The van der Waals surface area contributed by atoms with Crippen LogP contribution in [0.25, 0.3) is 0 Å². The summed E-state index contributed by atoms with van der Waals surface area (Å²) in [4.78, 5) is 70.9. The molecule has 1 saturated heterocycles. The second-order valence-corrected chi connectivity index (χ2v) is 10.0. The number of thioether (sulfide) groups is 1. The van der Waals surface area contributed by atoms with Crippen molar-refractivity contribution in [1.29, 1.82) is 0 Å². The molecule has 0 aromatic carbocycles. The van der Waals surface area contributed by atoms with Crippen LogP contribution in [0.1, 0.15) is 48.5 Å². The monoisotopic (exact) mass is 521 g/mol. The first-order chi connectivity index (χ1) is 16.0. The highest BCUT2D eigenvalue weighted by Gasteiger charge is 2.54. The normalized spacial score (nSPS) is 22.0. The molecule has 35 heavy (non-hydrogen) atoms. The van der Waals surface area contributed by atoms with Crippen LogP contribution in [-0.2, 0) is 52.5 Å². The SMILES string of the molecule is CC(=O)OC[C@H](OC(C)=O)[C@H](OC(C)=O)[C@H](OC(C)=O)[C@H](OC(C)=O)[C@H]1N[C@@H](C(=O)O)C(C)(C)S1. The maximum Gasteiger partial charge on any atom is 0.322 e. The van der Waals surface area contributed by atoms with E-state index in [1.165, 1.54) is 0 Å². The van der Waals surface area contributed by atoms with Gasteiger partial charge in [0.15, 0.2) is 24.4 Å². The number of esters is 5. The predicted molar refractivity (Wildman–Crippen MR) is 119 cm³/mol. The van der Waals surface area contributed by atoms with Crippen LogP contribution >= 0.6 is 11.8 Å². The molecule has 14 heteroatoms. The Labute approximate surface area is 206 Å². The van der Waals surface area contributed by atoms with Gasteiger partial charge < -0.3 is 28.8 Å². The summed E-state index contributed by atoms with van der Waals surface area (Å²) in [6, 6.07) is -1.08. The third kappa shape index (κ3) is 9.36. The highest BCUT2D eigenvalue weighted by atomic mass is 32.2. The molecule has 1 heterocycles. The molecule has 0 unspecified atom stereocenters. The van der Waals surface area contributed by atoms with E-state index >= 15 is 0 Å². The van der Waals surface area contributed by atoms with Gasteiger partial charge >= 0.3 is 35.8 Å². The van der Waals surface area contributed by atoms with Gasteiger partial charge in [0, 0.05) is 39.4 Å². The van der Waals surface area contributed by atoms with Crippen molar-refractivity contribution in [1.82, 2.24) is 5.32 Å². The van der Waals surface area contributed by atoms with Gasteiger partial charge in [0.2, 0.25) is 0 Å². The minimum Gasteiger partial charge on any atom is -0.480 e. The third-order valence-electron chi connectivity index (χ3n) is 4.69. The molecule has 13 nitrogen and oxygen atoms in total. The molecule has 1 aliphatic rings. The largest absolute Gasteiger partial charge is 0.480 e. The lowest BCUT2D eigenvalue weighted by Gasteiger charge is -2.37. The molecular formula is C21H31NO12S. The van der Waals surface area contributed by atoms with Crippen LogP contribution in [0.5, 0.6) is 0 Å². The average Bonchev–Trinajstić information content (AvgIpc) is 3.00. The van der Waals surface area contributed by atoms with E-state index in [2.05, 4.69) is 5.32 Å². The third-order valence-corrected chi connectivity index (χ3v) is 6.19. The van der Waals surface area contributed by atoms with Crippen LogP contribution in [-0.4, -0.2) is 88.1 Å². The van der Waals surface area contributed by atoms with Gasteiger partial charge in [0.25, 0.3) is 0 Å². The van der Waals surface area contributed by atoms with E-state index < -0.39 is 83.0 Å². The molecule has 0 radical (unpaired) electrons. The van der Waals surface area contributed by atoms with Crippen molar-refractivity contribution in [3.05, 3.63) is 0 Å². The first-order valence-corrected chi connectivity index (χ1v) is 11.4. The Morgan fingerprint density at radius 1 is 0.800 bits per heavy atom. The second-order valence-electron chi connectivity index (χ2n) is 8.25. The fourth-order valence-corrected chi connectivity index (χ4v) is 4.99. The second kappa shape index (κ2) is 12.7. The van der Waals surface area contributed by atoms with E-state index in [4.69, 9.17) is 23.7 Å². The van der Waals surface area contributed by atoms with E-state index in [1.807, 2.05) is 0 Å². The topological polar surface area (TPSA) is 181 Å². The van der Waals surface area contributed by atoms with Crippen molar-refractivity contribution < 1.29 is 57.6 Å². The maximum absolute atomic E-state index is 12.0. The molecule has 0 saturated carbocycles. The zero-order chi connectivity index (χ0) is 27.1. The van der Waals surface area contributed by atoms with Gasteiger partial charge in [-0.3, -0.25) is 34.1 Å². The lowest BCUT2D eigenvalue weighted by atomic mass is 10.00. The lowest BCUT2D eigenvalue weighted by molar-refractivity contribution is -0.203. The Kier molecular flexibility index (Phi) is 11.0. The van der Waals surface area contributed by atoms with E-state index in [-0.39, 0.29) is 0 Å². The Hall–Kier alpha value is -2.87. The van der Waals surface area contributed by atoms with Gasteiger partial charge in [0.05, 0.1) is 5.37 Å². The lowest BCUT2D eigenvalue weighted by Crippen LogP contribution is -2.58. The van der Waals surface area contributed by atoms with Gasteiger partial charge in [-0.05, 0) is 13.8 Å². The summed E-state index contributed by atoms with van der Waals surface area (Å²) >= 11 is 1.10. The number of carboxylic acids is 1. The van der Waals surface area contributed by atoms with E-state index in [1.54, 1.807) is 13.8 Å².